The molecule has 1 saturated carbocycles. The highest BCUT2D eigenvalue weighted by Gasteiger charge is 2.41. The predicted octanol–water partition coefficient (Wildman–Crippen LogP) is 2.70. The van der Waals surface area contributed by atoms with E-state index in [9.17, 15) is 0 Å². The molecule has 1 aromatic rings. The van der Waals surface area contributed by atoms with Crippen molar-refractivity contribution < 1.29 is 0 Å². The van der Waals surface area contributed by atoms with Crippen LogP contribution in [0.25, 0.3) is 0 Å². The number of thiol groups is 1. The Kier molecular flexibility index (Phi) is 3.76. The van der Waals surface area contributed by atoms with Crippen LogP contribution in [0.3, 0.4) is 0 Å². The molecule has 1 aliphatic carbocycles. The summed E-state index contributed by atoms with van der Waals surface area (Å²) in [6.07, 6.45) is 2.61. The molecule has 0 saturated heterocycles. The monoisotopic (exact) mass is 246 g/mol. The summed E-state index contributed by atoms with van der Waals surface area (Å²) in [6.45, 7) is 2.01. The van der Waals surface area contributed by atoms with Crippen molar-refractivity contribution in [3.05, 3.63) is 35.4 Å². The normalized spacial score (nSPS) is 16.8. The van der Waals surface area contributed by atoms with Gasteiger partial charge in [0, 0.05) is 13.1 Å². The smallest absolute Gasteiger partial charge is 0.0991 e. The van der Waals surface area contributed by atoms with Gasteiger partial charge in [0.25, 0.3) is 0 Å². The molecule has 0 atom stereocenters. The van der Waals surface area contributed by atoms with Crippen LogP contribution in [0, 0.1) is 16.7 Å². The second-order valence-corrected chi connectivity index (χ2v) is 5.46. The number of nitrogens with zero attached hydrogens (tertiary/aromatic N) is 2. The van der Waals surface area contributed by atoms with Gasteiger partial charge in [-0.15, -0.1) is 0 Å². The molecule has 1 aliphatic rings. The summed E-state index contributed by atoms with van der Waals surface area (Å²) in [7, 11) is 2.14. The van der Waals surface area contributed by atoms with Crippen LogP contribution in [-0.2, 0) is 6.54 Å². The molecule has 0 spiro atoms. The van der Waals surface area contributed by atoms with E-state index in [1.807, 2.05) is 18.2 Å². The van der Waals surface area contributed by atoms with Crippen molar-refractivity contribution in [3.63, 3.8) is 0 Å². The van der Waals surface area contributed by atoms with Gasteiger partial charge in [-0.1, -0.05) is 12.1 Å². The third-order valence-electron chi connectivity index (χ3n) is 3.41. The SMILES string of the molecule is CN(Cc1cccc(C#N)c1)CC1(CS)CC1. The van der Waals surface area contributed by atoms with Gasteiger partial charge in [0.2, 0.25) is 0 Å². The maximum atomic E-state index is 8.86. The zero-order valence-corrected chi connectivity index (χ0v) is 11.1. The van der Waals surface area contributed by atoms with Crippen molar-refractivity contribution in [2.75, 3.05) is 19.3 Å². The number of hydrogen-bond acceptors (Lipinski definition) is 3. The highest BCUT2D eigenvalue weighted by atomic mass is 32.1. The van der Waals surface area contributed by atoms with Crippen molar-refractivity contribution in [1.29, 1.82) is 5.26 Å². The van der Waals surface area contributed by atoms with Gasteiger partial charge in [-0.05, 0) is 48.8 Å². The van der Waals surface area contributed by atoms with Gasteiger partial charge in [-0.2, -0.15) is 17.9 Å². The lowest BCUT2D eigenvalue weighted by atomic mass is 10.1. The Labute approximate surface area is 109 Å². The lowest BCUT2D eigenvalue weighted by molar-refractivity contribution is 0.270. The highest BCUT2D eigenvalue weighted by Crippen LogP contribution is 2.46. The van der Waals surface area contributed by atoms with E-state index in [-0.39, 0.29) is 0 Å². The first-order chi connectivity index (χ1) is 8.17. The van der Waals surface area contributed by atoms with Crippen LogP contribution < -0.4 is 0 Å². The van der Waals surface area contributed by atoms with Crippen LogP contribution in [0.5, 0.6) is 0 Å². The highest BCUT2D eigenvalue weighted by molar-refractivity contribution is 7.80. The van der Waals surface area contributed by atoms with Crippen molar-refractivity contribution >= 4 is 12.6 Å². The molecular formula is C14H18N2S. The molecule has 0 bridgehead atoms. The lowest BCUT2D eigenvalue weighted by Gasteiger charge is -2.22. The summed E-state index contributed by atoms with van der Waals surface area (Å²) in [4.78, 5) is 2.33. The minimum atomic E-state index is 0.463. The van der Waals surface area contributed by atoms with E-state index < -0.39 is 0 Å². The van der Waals surface area contributed by atoms with E-state index in [0.29, 0.717) is 5.41 Å². The van der Waals surface area contributed by atoms with Gasteiger partial charge in [0.05, 0.1) is 11.6 Å². The summed E-state index contributed by atoms with van der Waals surface area (Å²) >= 11 is 4.43. The van der Waals surface area contributed by atoms with Gasteiger partial charge in [0.15, 0.2) is 0 Å². The van der Waals surface area contributed by atoms with Crippen molar-refractivity contribution in [2.24, 2.45) is 5.41 Å². The Balaban J connectivity index is 1.94. The molecule has 3 heteroatoms. The molecule has 2 rings (SSSR count). The Morgan fingerprint density at radius 1 is 1.47 bits per heavy atom. The summed E-state index contributed by atoms with van der Waals surface area (Å²) in [6, 6.07) is 10.0. The average Bonchev–Trinajstić information content (AvgIpc) is 3.09. The Morgan fingerprint density at radius 2 is 2.24 bits per heavy atom. The minimum Gasteiger partial charge on any atom is -0.302 e. The Morgan fingerprint density at radius 3 is 2.82 bits per heavy atom. The maximum absolute atomic E-state index is 8.86. The van der Waals surface area contributed by atoms with E-state index in [1.54, 1.807) is 0 Å². The van der Waals surface area contributed by atoms with Gasteiger partial charge in [-0.25, -0.2) is 0 Å². The van der Waals surface area contributed by atoms with Gasteiger partial charge < -0.3 is 4.90 Å². The van der Waals surface area contributed by atoms with Crippen molar-refractivity contribution in [3.8, 4) is 6.07 Å². The van der Waals surface area contributed by atoms with Crippen molar-refractivity contribution in [2.45, 2.75) is 19.4 Å². The molecular weight excluding hydrogens is 228 g/mol. The van der Waals surface area contributed by atoms with Gasteiger partial charge in [0.1, 0.15) is 0 Å². The minimum absolute atomic E-state index is 0.463. The molecule has 0 amide bonds. The number of rotatable bonds is 5. The third kappa shape index (κ3) is 3.24. The van der Waals surface area contributed by atoms with E-state index in [0.717, 1.165) is 24.4 Å². The number of nitriles is 1. The molecule has 1 fully saturated rings. The average molecular weight is 246 g/mol. The molecule has 90 valence electrons. The van der Waals surface area contributed by atoms with Crippen LogP contribution in [0.4, 0.5) is 0 Å². The second-order valence-electron chi connectivity index (χ2n) is 5.14. The number of hydrogen-bond donors (Lipinski definition) is 1. The first-order valence-electron chi connectivity index (χ1n) is 5.96. The molecule has 0 radical (unpaired) electrons. The molecule has 0 heterocycles. The van der Waals surface area contributed by atoms with E-state index in [4.69, 9.17) is 5.26 Å². The quantitative estimate of drug-likeness (QED) is 0.809. The third-order valence-corrected chi connectivity index (χ3v) is 4.08. The molecule has 2 nitrogen and oxygen atoms in total. The van der Waals surface area contributed by atoms with Gasteiger partial charge >= 0.3 is 0 Å². The van der Waals surface area contributed by atoms with Crippen LogP contribution in [0.1, 0.15) is 24.0 Å². The summed E-state index contributed by atoms with van der Waals surface area (Å²) in [5, 5.41) is 8.86. The van der Waals surface area contributed by atoms with E-state index in [1.165, 1.54) is 18.4 Å². The van der Waals surface area contributed by atoms with Crippen LogP contribution in [-0.4, -0.2) is 24.2 Å². The molecule has 0 unspecified atom stereocenters. The fourth-order valence-electron chi connectivity index (χ4n) is 2.22. The zero-order valence-electron chi connectivity index (χ0n) is 10.2. The fraction of sp³-hybridized carbons (Fsp3) is 0.500. The molecule has 0 aliphatic heterocycles. The summed E-state index contributed by atoms with van der Waals surface area (Å²) in [5.74, 6) is 0.982. The Bertz CT molecular complexity index is 432. The van der Waals surface area contributed by atoms with Crippen molar-refractivity contribution in [1.82, 2.24) is 4.90 Å². The number of benzene rings is 1. The molecule has 0 aromatic heterocycles. The van der Waals surface area contributed by atoms with Crippen LogP contribution >= 0.6 is 12.6 Å². The zero-order chi connectivity index (χ0) is 12.3. The topological polar surface area (TPSA) is 27.0 Å². The molecule has 17 heavy (non-hydrogen) atoms. The van der Waals surface area contributed by atoms with E-state index >= 15 is 0 Å². The first kappa shape index (κ1) is 12.5. The predicted molar refractivity (Wildman–Crippen MR) is 73.0 cm³/mol. The summed E-state index contributed by atoms with van der Waals surface area (Å²) in [5.41, 5.74) is 2.41. The summed E-state index contributed by atoms with van der Waals surface area (Å²) < 4.78 is 0. The molecule has 0 N–H and O–H groups in total. The standard InChI is InChI=1S/C14H18N2S/c1-16(10-14(11-17)5-6-14)9-13-4-2-3-12(7-13)8-15/h2-4,7,17H,5-6,9-11H2,1H3. The van der Waals surface area contributed by atoms with Crippen LogP contribution in [0.15, 0.2) is 24.3 Å². The Hall–Kier alpha value is -0.980. The van der Waals surface area contributed by atoms with E-state index in [2.05, 4.69) is 36.7 Å². The lowest BCUT2D eigenvalue weighted by Crippen LogP contribution is -2.27. The second kappa shape index (κ2) is 5.12. The first-order valence-corrected chi connectivity index (χ1v) is 6.59. The largest absolute Gasteiger partial charge is 0.302 e. The molecule has 1 aromatic carbocycles. The fourth-order valence-corrected chi connectivity index (χ4v) is 2.64. The maximum Gasteiger partial charge on any atom is 0.0991 e. The van der Waals surface area contributed by atoms with Crippen LogP contribution in [0.2, 0.25) is 0 Å². The van der Waals surface area contributed by atoms with Gasteiger partial charge in [-0.3, -0.25) is 0 Å².